The highest BCUT2D eigenvalue weighted by molar-refractivity contribution is 7.11. The van der Waals surface area contributed by atoms with E-state index in [1.807, 2.05) is 125 Å². The molecule has 0 amide bonds. The van der Waals surface area contributed by atoms with Gasteiger partial charge in [-0.2, -0.15) is 20.4 Å². The number of aliphatic hydroxyl groups excluding tert-OH is 1. The van der Waals surface area contributed by atoms with Gasteiger partial charge in [-0.3, -0.25) is 0 Å². The molecule has 10 N–H and O–H groups in total. The van der Waals surface area contributed by atoms with Crippen LogP contribution >= 0.6 is 11.3 Å². The molecule has 0 aliphatic carbocycles. The van der Waals surface area contributed by atoms with Crippen LogP contribution in [0.15, 0.2) is 244 Å². The van der Waals surface area contributed by atoms with Gasteiger partial charge in [0.15, 0.2) is 22.6 Å². The van der Waals surface area contributed by atoms with Gasteiger partial charge in [-0.05, 0) is 175 Å². The number of benzene rings is 8. The fourth-order valence-electron chi connectivity index (χ4n) is 16.5. The first kappa shape index (κ1) is 100. The standard InChI is InChI=1S/C28H28FN7O3.C27H27FN6O3.C26H24FN7O3.C26H22FN5O3S/c1-17-31-14-21(35(17)2)15-38-23-11-19(29)12-24(13-23)39-22-5-3-18(4-6-22)26-25-27(30)32-16-33-28(25)36(34-26)20-7-9-37-10-8-20;1-27(2,35)15-34-26-23(25(29)30-16-31-26)24(32-34)17-6-8-20(9-7-17)37-22-12-18(28)11-21(13-22)36-14-19-5-4-10-33(19)3;1-16-29-12-17(13-30-16)14-36-21-9-19(27)10-22(11-21)37-20-5-3-18(4-6-20)24-23-25(28)31-15-32-26(23)34(33-24)7-2-8-35;1-15-2-7-22(36-15)13-34-20-8-17(27)9-21(10-20)35-19-5-3-16(4-6-19)24-23-25(28)29-14-30-26(23)32(31-24)18-11-33-12-18/h3-6,11-14,16,20H,7-10,15H2,1-2H3,(H2,30,32,33);4-13,16,35H,14-15H2,1-3H3,(H2,29,30,31);3-6,9-13,15,35H,2,7-8,14H2,1H3,(H2,28,31,32);2-10,14,18H,11-13H2,1H3,(H2,28,29,30). The van der Waals surface area contributed by atoms with E-state index in [9.17, 15) is 27.8 Å². The van der Waals surface area contributed by atoms with Gasteiger partial charge < -0.3 is 89.7 Å². The van der Waals surface area contributed by atoms with Crippen LogP contribution in [0.25, 0.3) is 89.2 Å². The summed E-state index contributed by atoms with van der Waals surface area (Å²) >= 11 is 1.65. The summed E-state index contributed by atoms with van der Waals surface area (Å²) in [4.78, 5) is 48.9. The zero-order valence-corrected chi connectivity index (χ0v) is 82.6. The Kier molecular flexibility index (Phi) is 29.9. The van der Waals surface area contributed by atoms with E-state index in [2.05, 4.69) is 65.0 Å². The Hall–Kier alpha value is -17.6. The molecule has 0 unspecified atom stereocenters. The van der Waals surface area contributed by atoms with Crippen molar-refractivity contribution in [3.05, 3.63) is 306 Å². The monoisotopic (exact) mass is 2040 g/mol. The fourth-order valence-corrected chi connectivity index (χ4v) is 17.3. The van der Waals surface area contributed by atoms with Crippen LogP contribution in [0, 0.1) is 44.0 Å². The largest absolute Gasteiger partial charge is 0.489 e. The van der Waals surface area contributed by atoms with Crippen molar-refractivity contribution in [1.29, 1.82) is 0 Å². The fraction of sp³-hybridized carbons (Fsp3) is 0.224. The predicted molar refractivity (Wildman–Crippen MR) is 550 cm³/mol. The molecule has 0 saturated carbocycles. The highest BCUT2D eigenvalue weighted by Crippen LogP contribution is 2.42. The zero-order chi connectivity index (χ0) is 104. The normalized spacial score (nSPS) is 12.7. The Labute approximate surface area is 853 Å². The van der Waals surface area contributed by atoms with E-state index in [4.69, 9.17) is 80.5 Å². The third-order valence-corrected chi connectivity index (χ3v) is 25.1. The Morgan fingerprint density at radius 2 is 0.799 bits per heavy atom. The summed E-state index contributed by atoms with van der Waals surface area (Å²) in [6.45, 7) is 13.6. The van der Waals surface area contributed by atoms with E-state index in [-0.39, 0.29) is 38.4 Å². The third kappa shape index (κ3) is 24.0. The van der Waals surface area contributed by atoms with E-state index in [0.717, 1.165) is 62.7 Å². The maximum atomic E-state index is 14.3. The highest BCUT2D eigenvalue weighted by Gasteiger charge is 2.30. The maximum absolute atomic E-state index is 14.3. The molecule has 760 valence electrons. The van der Waals surface area contributed by atoms with E-state index in [1.165, 1.54) is 78.7 Å². The van der Waals surface area contributed by atoms with E-state index >= 15 is 0 Å². The van der Waals surface area contributed by atoms with Gasteiger partial charge in [0, 0.05) is 169 Å². The molecule has 0 atom stereocenters. The number of hydrogen-bond acceptors (Lipinski definition) is 32. The summed E-state index contributed by atoms with van der Waals surface area (Å²) in [5.41, 5.74) is 34.7. The molecule has 20 aromatic rings. The summed E-state index contributed by atoms with van der Waals surface area (Å²) in [5, 5.41) is 41.1. The van der Waals surface area contributed by atoms with Gasteiger partial charge in [0.2, 0.25) is 0 Å². The summed E-state index contributed by atoms with van der Waals surface area (Å²) in [5.74, 6) is 5.87. The molecule has 12 aromatic heterocycles. The molecular formula is C107H101F4N25O12S. The van der Waals surface area contributed by atoms with Crippen LogP contribution in [-0.4, -0.2) is 152 Å². The molecule has 0 bridgehead atoms. The average molecular weight is 2040 g/mol. The molecular weight excluding hydrogens is 1940 g/mol. The van der Waals surface area contributed by atoms with Crippen LogP contribution in [0.5, 0.6) is 69.0 Å². The number of fused-ring (bicyclic) bond motifs is 4. The van der Waals surface area contributed by atoms with Crippen LogP contribution in [0.4, 0.5) is 40.8 Å². The first-order valence-corrected chi connectivity index (χ1v) is 48.1. The number of aryl methyl sites for hydroxylation is 5. The Morgan fingerprint density at radius 3 is 1.19 bits per heavy atom. The highest BCUT2D eigenvalue weighted by atomic mass is 32.1. The number of ether oxygens (including phenoxy) is 10. The number of hydrogen-bond donors (Lipinski definition) is 6. The number of imidazole rings is 1. The second-order valence-corrected chi connectivity index (χ2v) is 37.1. The van der Waals surface area contributed by atoms with Gasteiger partial charge in [-0.15, -0.1) is 11.3 Å². The molecule has 0 spiro atoms. The smallest absolute Gasteiger partial charge is 0.164 e. The van der Waals surface area contributed by atoms with E-state index < -0.39 is 28.9 Å². The molecule has 0 radical (unpaired) electrons. The van der Waals surface area contributed by atoms with Gasteiger partial charge in [0.1, 0.15) is 208 Å². The van der Waals surface area contributed by atoms with E-state index in [1.54, 1.807) is 133 Å². The van der Waals surface area contributed by atoms with Crippen molar-refractivity contribution in [1.82, 2.24) is 103 Å². The van der Waals surface area contributed by atoms with E-state index in [0.29, 0.717) is 218 Å². The third-order valence-electron chi connectivity index (χ3n) is 24.1. The molecule has 2 aliphatic rings. The number of thiophene rings is 1. The number of nitrogen functional groups attached to an aromatic ring is 4. The van der Waals surface area contributed by atoms with Crippen molar-refractivity contribution in [2.24, 2.45) is 14.1 Å². The lowest BCUT2D eigenvalue weighted by Gasteiger charge is -2.26. The van der Waals surface area contributed by atoms with Crippen molar-refractivity contribution < 1.29 is 75.1 Å². The number of rotatable bonds is 31. The number of nitrogens with zero attached hydrogens (tertiary/aromatic N) is 21. The number of nitrogens with two attached hydrogens (primary N) is 4. The minimum atomic E-state index is -0.998. The lowest BCUT2D eigenvalue weighted by molar-refractivity contribution is -0.0268. The zero-order valence-electron chi connectivity index (χ0n) is 81.7. The predicted octanol–water partition coefficient (Wildman–Crippen LogP) is 19.3. The topological polar surface area (TPSA) is 460 Å². The van der Waals surface area contributed by atoms with Gasteiger partial charge in [0.05, 0.1) is 70.5 Å². The molecule has 22 rings (SSSR count). The van der Waals surface area contributed by atoms with Crippen molar-refractivity contribution in [3.8, 4) is 114 Å². The minimum absolute atomic E-state index is 0.0382. The molecule has 2 fully saturated rings. The van der Waals surface area contributed by atoms with Gasteiger partial charge in [-0.1, -0.05) is 0 Å². The number of aliphatic hydroxyl groups is 2. The number of anilines is 4. The Balaban J connectivity index is 0.000000125. The minimum Gasteiger partial charge on any atom is -0.489 e. The van der Waals surface area contributed by atoms with Crippen molar-refractivity contribution in [2.75, 3.05) is 56.0 Å². The molecule has 37 nitrogen and oxygen atoms in total. The second kappa shape index (κ2) is 44.5. The van der Waals surface area contributed by atoms with Crippen molar-refractivity contribution >= 4 is 78.7 Å². The SMILES string of the molecule is Cc1ccc(COc2cc(F)cc(Oc3ccc(-c4nn(C5COC5)c5ncnc(N)c45)cc3)c2)s1.Cc1ncc(COc2cc(F)cc(Oc3ccc(-c4nn(C5CCOCC5)c5ncnc(N)c45)cc3)c2)n1C.Cc1ncc(COc2cc(F)cc(Oc3ccc(-c4nn(CCCO)c5ncnc(N)c45)cc3)c2)cn1.Cn1cccc1COc1cc(F)cc(Oc2ccc(-c3nn(CC(C)(C)O)c4ncnc(N)c34)cc2)c1. The quantitative estimate of drug-likeness (QED) is 0.0220. The number of aromatic nitrogens is 21. The molecule has 2 saturated heterocycles. The Bertz CT molecular complexity index is 8140. The maximum Gasteiger partial charge on any atom is 0.164 e. The summed E-state index contributed by atoms with van der Waals surface area (Å²) in [7, 11) is 3.83. The van der Waals surface area contributed by atoms with Crippen LogP contribution < -0.4 is 60.8 Å². The van der Waals surface area contributed by atoms with Gasteiger partial charge in [-0.25, -0.2) is 91.1 Å². The first-order valence-electron chi connectivity index (χ1n) is 47.3. The molecule has 149 heavy (non-hydrogen) atoms. The first-order chi connectivity index (χ1) is 72.1. The van der Waals surface area contributed by atoms with Crippen LogP contribution in [0.3, 0.4) is 0 Å². The molecule has 42 heteroatoms. The van der Waals surface area contributed by atoms with Gasteiger partial charge >= 0.3 is 0 Å². The summed E-state index contributed by atoms with van der Waals surface area (Å²) in [6.07, 6.45) is 14.9. The molecule has 8 aromatic carbocycles. The van der Waals surface area contributed by atoms with Crippen LogP contribution in [0.1, 0.15) is 83.5 Å². The second-order valence-electron chi connectivity index (χ2n) is 35.7. The van der Waals surface area contributed by atoms with Gasteiger partial charge in [0.25, 0.3) is 0 Å². The summed E-state index contributed by atoms with van der Waals surface area (Å²) < 4.78 is 126. The van der Waals surface area contributed by atoms with Crippen molar-refractivity contribution in [2.45, 2.75) is 111 Å². The average Bonchev–Trinajstić information content (AvgIpc) is 1.61. The molecule has 14 heterocycles. The lowest BCUT2D eigenvalue weighted by atomic mass is 10.1. The summed E-state index contributed by atoms with van der Waals surface area (Å²) in [6, 6.07) is 54.3. The lowest BCUT2D eigenvalue weighted by Crippen LogP contribution is -2.31. The Morgan fingerprint density at radius 1 is 0.409 bits per heavy atom. The van der Waals surface area contributed by atoms with Crippen LogP contribution in [0.2, 0.25) is 0 Å². The molecule has 2 aliphatic heterocycles. The number of halogens is 4. The van der Waals surface area contributed by atoms with Crippen molar-refractivity contribution in [3.63, 3.8) is 0 Å². The van der Waals surface area contributed by atoms with Crippen LogP contribution in [-0.2, 0) is 63.1 Å².